The Balaban J connectivity index is 1.71. The number of nitrogens with zero attached hydrogens (tertiary/aromatic N) is 4. The average Bonchev–Trinajstić information content (AvgIpc) is 3.16. The summed E-state index contributed by atoms with van der Waals surface area (Å²) >= 11 is 0. The zero-order valence-electron chi connectivity index (χ0n) is 16.7. The molecular weight excluding hydrogens is 410 g/mol. The largest absolute Gasteiger partial charge is 0.439 e. The maximum atomic E-state index is 12.8. The van der Waals surface area contributed by atoms with Crippen LogP contribution in [0.1, 0.15) is 37.0 Å². The van der Waals surface area contributed by atoms with Crippen molar-refractivity contribution in [3.05, 3.63) is 52.7 Å². The van der Waals surface area contributed by atoms with Crippen molar-refractivity contribution in [2.45, 2.75) is 38.3 Å². The highest BCUT2D eigenvalue weighted by Crippen LogP contribution is 2.18. The van der Waals surface area contributed by atoms with Crippen LogP contribution in [0.2, 0.25) is 0 Å². The molecule has 1 N–H and O–H groups in total. The molecule has 10 nitrogen and oxygen atoms in total. The summed E-state index contributed by atoms with van der Waals surface area (Å²) in [4.78, 5) is 30.6. The molecule has 3 aromatic rings. The summed E-state index contributed by atoms with van der Waals surface area (Å²) < 4.78 is 33.5. The monoisotopic (exact) mass is 433 g/mol. The number of hydrogen-bond donors (Lipinski definition) is 1. The minimum atomic E-state index is -3.62. The number of rotatable bonds is 9. The van der Waals surface area contributed by atoms with Gasteiger partial charge in [0, 0.05) is 13.1 Å². The highest BCUT2D eigenvalue weighted by molar-refractivity contribution is 7.89. The van der Waals surface area contributed by atoms with Crippen molar-refractivity contribution in [2.24, 2.45) is 0 Å². The van der Waals surface area contributed by atoms with Crippen LogP contribution in [0.5, 0.6) is 0 Å². The number of esters is 1. The fourth-order valence-corrected chi connectivity index (χ4v) is 4.59. The molecule has 0 aliphatic heterocycles. The van der Waals surface area contributed by atoms with Gasteiger partial charge in [-0.25, -0.2) is 22.9 Å². The molecule has 0 aliphatic rings. The number of fused-ring (bicyclic) bond motifs is 1. The second kappa shape index (κ2) is 9.18. The molecule has 0 saturated carbocycles. The molecular formula is C19H23N5O5S. The lowest BCUT2D eigenvalue weighted by atomic mass is 10.2. The summed E-state index contributed by atoms with van der Waals surface area (Å²) in [5.74, 6) is -0.647. The van der Waals surface area contributed by atoms with Crippen LogP contribution in [0.15, 0.2) is 46.5 Å². The molecule has 1 aromatic carbocycles. The molecule has 11 heteroatoms. The van der Waals surface area contributed by atoms with Crippen molar-refractivity contribution in [3.63, 3.8) is 0 Å². The summed E-state index contributed by atoms with van der Waals surface area (Å²) in [5.41, 5.74) is 0.156. The predicted molar refractivity (Wildman–Crippen MR) is 109 cm³/mol. The van der Waals surface area contributed by atoms with E-state index in [1.807, 2.05) is 13.8 Å². The fraction of sp³-hybridized carbons (Fsp3) is 0.368. The van der Waals surface area contributed by atoms with Crippen LogP contribution in [0, 0.1) is 0 Å². The Bertz CT molecular complexity index is 1180. The molecule has 0 unspecified atom stereocenters. The van der Waals surface area contributed by atoms with E-state index in [0.717, 1.165) is 0 Å². The van der Waals surface area contributed by atoms with E-state index in [-0.39, 0.29) is 28.1 Å². The van der Waals surface area contributed by atoms with Crippen molar-refractivity contribution < 1.29 is 17.9 Å². The number of nitrogens with one attached hydrogen (secondary N) is 1. The lowest BCUT2D eigenvalue weighted by Crippen LogP contribution is -2.32. The van der Waals surface area contributed by atoms with Gasteiger partial charge in [0.25, 0.3) is 5.56 Å². The van der Waals surface area contributed by atoms with E-state index in [4.69, 9.17) is 4.74 Å². The van der Waals surface area contributed by atoms with Gasteiger partial charge in [-0.15, -0.1) is 0 Å². The van der Waals surface area contributed by atoms with Crippen LogP contribution in [0.25, 0.3) is 11.0 Å². The lowest BCUT2D eigenvalue weighted by molar-refractivity contribution is 0.0357. The third kappa shape index (κ3) is 4.41. The predicted octanol–water partition coefficient (Wildman–Crippen LogP) is 1.74. The average molecular weight is 433 g/mol. The normalized spacial score (nSPS) is 11.8. The van der Waals surface area contributed by atoms with Crippen LogP contribution in [-0.4, -0.2) is 51.5 Å². The van der Waals surface area contributed by atoms with Gasteiger partial charge in [0.05, 0.1) is 23.0 Å². The maximum absolute atomic E-state index is 12.8. The quantitative estimate of drug-likeness (QED) is 0.509. The second-order valence-corrected chi connectivity index (χ2v) is 8.54. The number of carbonyl (C=O) groups is 1. The van der Waals surface area contributed by atoms with E-state index < -0.39 is 16.0 Å². The number of benzene rings is 1. The number of aromatic nitrogens is 4. The Morgan fingerprint density at radius 3 is 2.47 bits per heavy atom. The first-order chi connectivity index (χ1) is 14.4. The first kappa shape index (κ1) is 21.7. The Morgan fingerprint density at radius 2 is 1.83 bits per heavy atom. The van der Waals surface area contributed by atoms with E-state index in [1.165, 1.54) is 45.8 Å². The number of H-pyrrole nitrogens is 1. The number of hydrogen-bond acceptors (Lipinski definition) is 7. The molecule has 0 bridgehead atoms. The van der Waals surface area contributed by atoms with E-state index >= 15 is 0 Å². The Morgan fingerprint density at radius 1 is 1.17 bits per heavy atom. The summed E-state index contributed by atoms with van der Waals surface area (Å²) in [6.45, 7) is 4.49. The number of carbonyl (C=O) groups excluding carboxylic acids is 1. The molecule has 0 saturated heterocycles. The van der Waals surface area contributed by atoms with Gasteiger partial charge in [-0.3, -0.25) is 4.79 Å². The fourth-order valence-electron chi connectivity index (χ4n) is 2.97. The van der Waals surface area contributed by atoms with E-state index in [1.54, 1.807) is 0 Å². The van der Waals surface area contributed by atoms with E-state index in [9.17, 15) is 18.0 Å². The highest BCUT2D eigenvalue weighted by atomic mass is 32.2. The molecule has 0 radical (unpaired) electrons. The molecule has 0 fully saturated rings. The van der Waals surface area contributed by atoms with Crippen LogP contribution in [0.4, 0.5) is 0 Å². The molecule has 160 valence electrons. The Hall–Kier alpha value is -3.05. The molecule has 3 rings (SSSR count). The van der Waals surface area contributed by atoms with Gasteiger partial charge in [-0.1, -0.05) is 13.8 Å². The van der Waals surface area contributed by atoms with Gasteiger partial charge in [-0.05, 0) is 37.1 Å². The van der Waals surface area contributed by atoms with Gasteiger partial charge >= 0.3 is 5.97 Å². The Kier molecular flexibility index (Phi) is 6.63. The molecule has 0 spiro atoms. The van der Waals surface area contributed by atoms with Crippen molar-refractivity contribution in [3.8, 4) is 0 Å². The molecule has 2 aromatic heterocycles. The van der Waals surface area contributed by atoms with Crippen LogP contribution in [-0.2, 0) is 21.5 Å². The molecule has 2 heterocycles. The van der Waals surface area contributed by atoms with E-state index in [0.29, 0.717) is 31.6 Å². The standard InChI is InChI=1S/C19H23N5O5S/c1-3-9-23(10-4-2)30(27,28)15-7-5-14(6-8-15)19(26)29-13-24-17-16(11-22-24)18(25)21-12-20-17/h5-8,11-12H,3-4,9-10,13H2,1-2H3,(H,20,21,25). The van der Waals surface area contributed by atoms with Crippen molar-refractivity contribution in [1.29, 1.82) is 0 Å². The summed E-state index contributed by atoms with van der Waals surface area (Å²) in [6, 6.07) is 5.62. The minimum Gasteiger partial charge on any atom is -0.439 e. The van der Waals surface area contributed by atoms with Gasteiger partial charge in [0.15, 0.2) is 12.4 Å². The van der Waals surface area contributed by atoms with Crippen molar-refractivity contribution in [2.75, 3.05) is 13.1 Å². The zero-order chi connectivity index (χ0) is 21.7. The summed E-state index contributed by atoms with van der Waals surface area (Å²) in [5, 5.41) is 4.28. The van der Waals surface area contributed by atoms with Gasteiger partial charge in [0.1, 0.15) is 5.39 Å². The van der Waals surface area contributed by atoms with Crippen molar-refractivity contribution in [1.82, 2.24) is 24.1 Å². The second-order valence-electron chi connectivity index (χ2n) is 6.60. The third-order valence-electron chi connectivity index (χ3n) is 4.43. The third-order valence-corrected chi connectivity index (χ3v) is 6.34. The molecule has 0 atom stereocenters. The molecule has 0 aliphatic carbocycles. The zero-order valence-corrected chi connectivity index (χ0v) is 17.6. The topological polar surface area (TPSA) is 127 Å². The minimum absolute atomic E-state index is 0.127. The number of ether oxygens (including phenoxy) is 1. The highest BCUT2D eigenvalue weighted by Gasteiger charge is 2.23. The number of aromatic amines is 1. The first-order valence-corrected chi connectivity index (χ1v) is 11.0. The van der Waals surface area contributed by atoms with E-state index in [2.05, 4.69) is 15.1 Å². The Labute approximate surface area is 173 Å². The number of sulfonamides is 1. The lowest BCUT2D eigenvalue weighted by Gasteiger charge is -2.21. The molecule has 30 heavy (non-hydrogen) atoms. The first-order valence-electron chi connectivity index (χ1n) is 9.55. The van der Waals surface area contributed by atoms with Crippen LogP contribution < -0.4 is 5.56 Å². The molecule has 0 amide bonds. The smallest absolute Gasteiger partial charge is 0.339 e. The van der Waals surface area contributed by atoms with Gasteiger partial charge < -0.3 is 9.72 Å². The van der Waals surface area contributed by atoms with Gasteiger partial charge in [0.2, 0.25) is 10.0 Å². The van der Waals surface area contributed by atoms with Crippen molar-refractivity contribution >= 4 is 27.0 Å². The van der Waals surface area contributed by atoms with Crippen LogP contribution >= 0.6 is 0 Å². The van der Waals surface area contributed by atoms with Gasteiger partial charge in [-0.2, -0.15) is 9.40 Å². The SMILES string of the molecule is CCCN(CCC)S(=O)(=O)c1ccc(C(=O)OCn2ncc3c(=O)[nH]cnc32)cc1. The van der Waals surface area contributed by atoms with Crippen LogP contribution in [0.3, 0.4) is 0 Å². The summed E-state index contributed by atoms with van der Waals surface area (Å²) in [7, 11) is -3.62. The maximum Gasteiger partial charge on any atom is 0.339 e. The summed E-state index contributed by atoms with van der Waals surface area (Å²) in [6.07, 6.45) is 4.01.